The molecule has 27 heavy (non-hydrogen) atoms. The highest BCUT2D eigenvalue weighted by molar-refractivity contribution is 5.82. The van der Waals surface area contributed by atoms with Gasteiger partial charge in [-0.05, 0) is 31.9 Å². The van der Waals surface area contributed by atoms with Crippen LogP contribution in [0, 0.1) is 5.92 Å². The first-order valence-electron chi connectivity index (χ1n) is 9.56. The molecule has 8 nitrogen and oxygen atoms in total. The molecule has 0 aliphatic carbocycles. The number of rotatable bonds is 7. The van der Waals surface area contributed by atoms with Crippen molar-refractivity contribution in [3.05, 3.63) is 24.2 Å². The van der Waals surface area contributed by atoms with Gasteiger partial charge in [0, 0.05) is 26.1 Å². The van der Waals surface area contributed by atoms with E-state index in [0.717, 1.165) is 18.9 Å². The lowest BCUT2D eigenvalue weighted by molar-refractivity contribution is -0.135. The molecule has 1 fully saturated rings. The molecule has 1 aliphatic heterocycles. The average Bonchev–Trinajstić information content (AvgIpc) is 3.25. The number of nitrogens with one attached hydrogen (secondary N) is 2. The monoisotopic (exact) mass is 375 g/mol. The first-order chi connectivity index (χ1) is 12.9. The van der Waals surface area contributed by atoms with Gasteiger partial charge < -0.3 is 14.5 Å². The van der Waals surface area contributed by atoms with E-state index in [9.17, 15) is 4.79 Å². The summed E-state index contributed by atoms with van der Waals surface area (Å²) in [5.41, 5.74) is 0. The second-order valence-electron chi connectivity index (χ2n) is 7.52. The molecular weight excluding hydrogens is 346 g/mol. The SMILES string of the molecule is CC1CN(C(C(=O)NCCc2nc(-c3ccco3)n[nH]2)C(C)C)CC(C)O1. The molecule has 3 atom stereocenters. The Labute approximate surface area is 159 Å². The summed E-state index contributed by atoms with van der Waals surface area (Å²) in [7, 11) is 0. The molecule has 0 spiro atoms. The molecule has 3 rings (SSSR count). The Kier molecular flexibility index (Phi) is 6.28. The van der Waals surface area contributed by atoms with Gasteiger partial charge in [0.25, 0.3) is 0 Å². The van der Waals surface area contributed by atoms with Crippen LogP contribution in [0.3, 0.4) is 0 Å². The number of aromatic amines is 1. The van der Waals surface area contributed by atoms with E-state index in [1.54, 1.807) is 12.3 Å². The minimum absolute atomic E-state index is 0.0528. The van der Waals surface area contributed by atoms with Crippen molar-refractivity contribution in [1.82, 2.24) is 25.4 Å². The summed E-state index contributed by atoms with van der Waals surface area (Å²) in [4.78, 5) is 19.5. The Bertz CT molecular complexity index is 718. The van der Waals surface area contributed by atoms with Crippen molar-refractivity contribution in [1.29, 1.82) is 0 Å². The van der Waals surface area contributed by atoms with Crippen LogP contribution in [0.4, 0.5) is 0 Å². The molecule has 1 amide bonds. The number of H-pyrrole nitrogens is 1. The zero-order valence-corrected chi connectivity index (χ0v) is 16.4. The van der Waals surface area contributed by atoms with Crippen molar-refractivity contribution >= 4 is 5.91 Å². The third-order valence-electron chi connectivity index (χ3n) is 4.68. The number of morpholine rings is 1. The summed E-state index contributed by atoms with van der Waals surface area (Å²) < 4.78 is 11.1. The number of amides is 1. The molecule has 8 heteroatoms. The summed E-state index contributed by atoms with van der Waals surface area (Å²) in [5.74, 6) is 2.14. The number of hydrogen-bond acceptors (Lipinski definition) is 6. The highest BCUT2D eigenvalue weighted by atomic mass is 16.5. The Morgan fingerprint density at radius 2 is 2.11 bits per heavy atom. The number of aromatic nitrogens is 3. The van der Waals surface area contributed by atoms with Crippen LogP contribution >= 0.6 is 0 Å². The fourth-order valence-electron chi connectivity index (χ4n) is 3.67. The van der Waals surface area contributed by atoms with E-state index >= 15 is 0 Å². The van der Waals surface area contributed by atoms with Crippen LogP contribution in [0.5, 0.6) is 0 Å². The third-order valence-corrected chi connectivity index (χ3v) is 4.68. The molecule has 2 aromatic rings. The third kappa shape index (κ3) is 4.95. The molecular formula is C19H29N5O3. The van der Waals surface area contributed by atoms with Crippen LogP contribution in [0.15, 0.2) is 22.8 Å². The number of furan rings is 1. The quantitative estimate of drug-likeness (QED) is 0.767. The van der Waals surface area contributed by atoms with Crippen LogP contribution in [-0.4, -0.2) is 63.9 Å². The number of ether oxygens (including phenoxy) is 1. The van der Waals surface area contributed by atoms with Gasteiger partial charge in [-0.2, -0.15) is 5.10 Å². The topological polar surface area (TPSA) is 96.3 Å². The first-order valence-corrected chi connectivity index (χ1v) is 9.56. The van der Waals surface area contributed by atoms with Gasteiger partial charge in [0.15, 0.2) is 5.76 Å². The maximum absolute atomic E-state index is 12.8. The normalized spacial score (nSPS) is 22.1. The molecule has 0 aromatic carbocycles. The zero-order chi connectivity index (χ0) is 19.4. The fraction of sp³-hybridized carbons (Fsp3) is 0.632. The van der Waals surface area contributed by atoms with E-state index < -0.39 is 0 Å². The molecule has 0 saturated carbocycles. The van der Waals surface area contributed by atoms with Crippen molar-refractivity contribution in [3.63, 3.8) is 0 Å². The zero-order valence-electron chi connectivity index (χ0n) is 16.4. The number of nitrogens with zero attached hydrogens (tertiary/aromatic N) is 3. The lowest BCUT2D eigenvalue weighted by Gasteiger charge is -2.41. The largest absolute Gasteiger partial charge is 0.461 e. The summed E-state index contributed by atoms with van der Waals surface area (Å²) in [6.07, 6.45) is 2.44. The molecule has 148 valence electrons. The molecule has 2 N–H and O–H groups in total. The molecule has 3 heterocycles. The van der Waals surface area contributed by atoms with Crippen LogP contribution in [0.2, 0.25) is 0 Å². The second-order valence-corrected chi connectivity index (χ2v) is 7.52. The lowest BCUT2D eigenvalue weighted by Crippen LogP contribution is -2.57. The predicted octanol–water partition coefficient (Wildman–Crippen LogP) is 1.86. The van der Waals surface area contributed by atoms with Gasteiger partial charge in [-0.1, -0.05) is 13.8 Å². The van der Waals surface area contributed by atoms with Gasteiger partial charge >= 0.3 is 0 Å². The van der Waals surface area contributed by atoms with Crippen LogP contribution in [0.25, 0.3) is 11.6 Å². The molecule has 0 radical (unpaired) electrons. The first kappa shape index (κ1) is 19.6. The Morgan fingerprint density at radius 1 is 1.37 bits per heavy atom. The van der Waals surface area contributed by atoms with Crippen molar-refractivity contribution in [2.24, 2.45) is 5.92 Å². The number of carbonyl (C=O) groups excluding carboxylic acids is 1. The van der Waals surface area contributed by atoms with E-state index in [1.807, 2.05) is 6.07 Å². The van der Waals surface area contributed by atoms with Crippen molar-refractivity contribution in [3.8, 4) is 11.6 Å². The summed E-state index contributed by atoms with van der Waals surface area (Å²) in [6.45, 7) is 10.3. The lowest BCUT2D eigenvalue weighted by atomic mass is 9.99. The Hall–Kier alpha value is -2.19. The Morgan fingerprint density at radius 3 is 2.74 bits per heavy atom. The highest BCUT2D eigenvalue weighted by Crippen LogP contribution is 2.19. The molecule has 3 unspecified atom stereocenters. The maximum Gasteiger partial charge on any atom is 0.237 e. The standard InChI is InChI=1S/C19H29N5O3/c1-12(2)17(24-10-13(3)27-14(4)11-24)19(25)20-8-7-16-21-18(23-22-16)15-6-5-9-26-15/h5-6,9,12-14,17H,7-8,10-11H2,1-4H3,(H,20,25)(H,21,22,23). The van der Waals surface area contributed by atoms with E-state index in [4.69, 9.17) is 9.15 Å². The van der Waals surface area contributed by atoms with Gasteiger partial charge in [-0.25, -0.2) is 4.98 Å². The summed E-state index contributed by atoms with van der Waals surface area (Å²) in [5, 5.41) is 10.1. The molecule has 1 saturated heterocycles. The van der Waals surface area contributed by atoms with Gasteiger partial charge in [-0.3, -0.25) is 14.8 Å². The van der Waals surface area contributed by atoms with E-state index in [1.165, 1.54) is 0 Å². The molecule has 1 aliphatic rings. The van der Waals surface area contributed by atoms with Crippen molar-refractivity contribution < 1.29 is 13.9 Å². The van der Waals surface area contributed by atoms with E-state index in [2.05, 4.69) is 53.1 Å². The van der Waals surface area contributed by atoms with Gasteiger partial charge in [-0.15, -0.1) is 0 Å². The smallest absolute Gasteiger partial charge is 0.237 e. The van der Waals surface area contributed by atoms with Crippen LogP contribution in [0.1, 0.15) is 33.5 Å². The van der Waals surface area contributed by atoms with Gasteiger partial charge in [0.1, 0.15) is 5.82 Å². The fourth-order valence-corrected chi connectivity index (χ4v) is 3.67. The minimum Gasteiger partial charge on any atom is -0.461 e. The highest BCUT2D eigenvalue weighted by Gasteiger charge is 2.33. The van der Waals surface area contributed by atoms with Gasteiger partial charge in [0.2, 0.25) is 11.7 Å². The second kappa shape index (κ2) is 8.67. The molecule has 0 bridgehead atoms. The minimum atomic E-state index is -0.160. The van der Waals surface area contributed by atoms with Crippen molar-refractivity contribution in [2.75, 3.05) is 19.6 Å². The van der Waals surface area contributed by atoms with Crippen molar-refractivity contribution in [2.45, 2.75) is 52.4 Å². The van der Waals surface area contributed by atoms with Gasteiger partial charge in [0.05, 0.1) is 24.5 Å². The molecule has 2 aromatic heterocycles. The maximum atomic E-state index is 12.8. The van der Waals surface area contributed by atoms with Crippen LogP contribution < -0.4 is 5.32 Å². The van der Waals surface area contributed by atoms with E-state index in [0.29, 0.717) is 24.6 Å². The predicted molar refractivity (Wildman–Crippen MR) is 101 cm³/mol. The number of hydrogen-bond donors (Lipinski definition) is 2. The summed E-state index contributed by atoms with van der Waals surface area (Å²) in [6, 6.07) is 3.45. The average molecular weight is 375 g/mol. The van der Waals surface area contributed by atoms with E-state index in [-0.39, 0.29) is 30.1 Å². The van der Waals surface area contributed by atoms with Crippen LogP contribution in [-0.2, 0) is 16.0 Å². The Balaban J connectivity index is 1.54. The number of carbonyl (C=O) groups is 1. The summed E-state index contributed by atoms with van der Waals surface area (Å²) >= 11 is 0.